The van der Waals surface area contributed by atoms with E-state index in [1.165, 1.54) is 244 Å². The Morgan fingerprint density at radius 2 is 0.629 bits per heavy atom. The monoisotopic (exact) mass is 976 g/mol. The molecule has 0 aromatic carbocycles. The van der Waals surface area contributed by atoms with Crippen molar-refractivity contribution in [1.29, 1.82) is 0 Å². The van der Waals surface area contributed by atoms with Gasteiger partial charge in [0.1, 0.15) is 0 Å². The van der Waals surface area contributed by atoms with Gasteiger partial charge in [-0.2, -0.15) is 0 Å². The second kappa shape index (κ2) is 61.1. The molecule has 1 amide bonds. The molecule has 0 aliphatic carbocycles. The summed E-state index contributed by atoms with van der Waals surface area (Å²) in [6, 6.07) is -0.626. The Hall–Kier alpha value is -2.17. The number of rotatable bonds is 57. The van der Waals surface area contributed by atoms with Gasteiger partial charge in [-0.25, -0.2) is 0 Å². The van der Waals surface area contributed by atoms with E-state index in [1.807, 2.05) is 6.08 Å². The number of allylic oxidation sites excluding steroid dienone is 11. The number of unbranched alkanes of at least 4 members (excludes halogenated alkanes) is 40. The summed E-state index contributed by atoms with van der Waals surface area (Å²) in [5.41, 5.74) is 0. The maximum Gasteiger partial charge on any atom is 0.220 e. The van der Waals surface area contributed by atoms with Crippen LogP contribution in [0.25, 0.3) is 0 Å². The zero-order chi connectivity index (χ0) is 50.6. The largest absolute Gasteiger partial charge is 0.394 e. The number of carbonyl (C=O) groups is 1. The summed E-state index contributed by atoms with van der Waals surface area (Å²) in [6.07, 6.45) is 88.0. The second-order valence-electron chi connectivity index (χ2n) is 21.1. The average Bonchev–Trinajstić information content (AvgIpc) is 3.36. The molecule has 0 heterocycles. The van der Waals surface area contributed by atoms with E-state index >= 15 is 0 Å². The van der Waals surface area contributed by atoms with Gasteiger partial charge >= 0.3 is 0 Å². The third-order valence-electron chi connectivity index (χ3n) is 14.2. The van der Waals surface area contributed by atoms with Crippen molar-refractivity contribution in [1.82, 2.24) is 5.32 Å². The van der Waals surface area contributed by atoms with Gasteiger partial charge in [0.15, 0.2) is 0 Å². The smallest absolute Gasteiger partial charge is 0.220 e. The first kappa shape index (κ1) is 67.8. The minimum Gasteiger partial charge on any atom is -0.394 e. The normalized spacial score (nSPS) is 13.3. The highest BCUT2D eigenvalue weighted by molar-refractivity contribution is 5.76. The van der Waals surface area contributed by atoms with E-state index in [1.54, 1.807) is 6.08 Å². The zero-order valence-electron chi connectivity index (χ0n) is 47.0. The molecular weight excluding hydrogens is 855 g/mol. The van der Waals surface area contributed by atoms with Crippen LogP contribution in [0.15, 0.2) is 72.9 Å². The lowest BCUT2D eigenvalue weighted by atomic mass is 10.0. The van der Waals surface area contributed by atoms with E-state index in [0.29, 0.717) is 6.42 Å². The fourth-order valence-corrected chi connectivity index (χ4v) is 9.50. The van der Waals surface area contributed by atoms with Crippen molar-refractivity contribution in [2.75, 3.05) is 6.61 Å². The number of hydrogen-bond donors (Lipinski definition) is 3. The van der Waals surface area contributed by atoms with Crippen LogP contribution >= 0.6 is 0 Å². The molecule has 0 rings (SSSR count). The molecule has 70 heavy (non-hydrogen) atoms. The average molecular weight is 977 g/mol. The Morgan fingerprint density at radius 3 is 0.943 bits per heavy atom. The van der Waals surface area contributed by atoms with Gasteiger partial charge in [0, 0.05) is 6.42 Å². The minimum absolute atomic E-state index is 0.0620. The van der Waals surface area contributed by atoms with E-state index in [0.717, 1.165) is 57.8 Å². The summed E-state index contributed by atoms with van der Waals surface area (Å²) in [4.78, 5) is 12.5. The SMILES string of the molecule is CC/C=C\C/C=C\C/C=C\C/C=C\C/C=C\CCCCCCCCCCCCCCCCCC(=O)NC(CO)C(O)/C=C/CCCCCCCCCCCCCCCCCCCCCCCCCCC. The number of hydrogen-bond acceptors (Lipinski definition) is 3. The number of aliphatic hydroxyl groups is 2. The molecule has 0 aromatic heterocycles. The second-order valence-corrected chi connectivity index (χ2v) is 21.1. The van der Waals surface area contributed by atoms with E-state index in [-0.39, 0.29) is 12.5 Å². The highest BCUT2D eigenvalue weighted by Gasteiger charge is 2.18. The molecule has 0 fully saturated rings. The lowest BCUT2D eigenvalue weighted by Crippen LogP contribution is -2.45. The van der Waals surface area contributed by atoms with Crippen LogP contribution in [0, 0.1) is 0 Å². The topological polar surface area (TPSA) is 69.6 Å². The Labute approximate surface area is 438 Å². The zero-order valence-corrected chi connectivity index (χ0v) is 47.0. The lowest BCUT2D eigenvalue weighted by Gasteiger charge is -2.20. The molecule has 3 N–H and O–H groups in total. The van der Waals surface area contributed by atoms with Gasteiger partial charge in [-0.3, -0.25) is 4.79 Å². The first-order valence-electron chi connectivity index (χ1n) is 31.2. The van der Waals surface area contributed by atoms with Crippen LogP contribution in [0.2, 0.25) is 0 Å². The first-order chi connectivity index (χ1) is 34.7. The molecule has 0 aromatic rings. The molecule has 0 aliphatic heterocycles. The Balaban J connectivity index is 3.48. The summed E-state index contributed by atoms with van der Waals surface area (Å²) < 4.78 is 0. The summed E-state index contributed by atoms with van der Waals surface area (Å²) in [5.74, 6) is -0.0620. The van der Waals surface area contributed by atoms with Crippen molar-refractivity contribution in [2.24, 2.45) is 0 Å². The van der Waals surface area contributed by atoms with E-state index in [2.05, 4.69) is 79.9 Å². The molecule has 0 radical (unpaired) electrons. The van der Waals surface area contributed by atoms with Gasteiger partial charge in [-0.05, 0) is 64.2 Å². The molecule has 2 atom stereocenters. The minimum atomic E-state index is -0.843. The van der Waals surface area contributed by atoms with Crippen LogP contribution < -0.4 is 5.32 Å². The fourth-order valence-electron chi connectivity index (χ4n) is 9.50. The van der Waals surface area contributed by atoms with Crippen LogP contribution in [0.4, 0.5) is 0 Å². The fraction of sp³-hybridized carbons (Fsp3) is 0.803. The first-order valence-corrected chi connectivity index (χ1v) is 31.2. The summed E-state index contributed by atoms with van der Waals surface area (Å²) in [7, 11) is 0. The summed E-state index contributed by atoms with van der Waals surface area (Å²) in [6.45, 7) is 4.22. The van der Waals surface area contributed by atoms with E-state index in [4.69, 9.17) is 0 Å². The summed E-state index contributed by atoms with van der Waals surface area (Å²) in [5, 5.41) is 23.3. The van der Waals surface area contributed by atoms with E-state index in [9.17, 15) is 15.0 Å². The Bertz CT molecular complexity index is 1200. The molecular formula is C66H121NO3. The van der Waals surface area contributed by atoms with Crippen molar-refractivity contribution in [3.05, 3.63) is 72.9 Å². The third-order valence-corrected chi connectivity index (χ3v) is 14.2. The van der Waals surface area contributed by atoms with Gasteiger partial charge in [-0.15, -0.1) is 0 Å². The maximum atomic E-state index is 12.5. The van der Waals surface area contributed by atoms with Gasteiger partial charge in [0.2, 0.25) is 5.91 Å². The van der Waals surface area contributed by atoms with Crippen LogP contribution in [0.5, 0.6) is 0 Å². The van der Waals surface area contributed by atoms with Crippen LogP contribution in [-0.4, -0.2) is 34.9 Å². The standard InChI is InChI=1S/C66H121NO3/c1-3-5-7-9-11-13-15-17-19-21-23-25-27-29-31-32-33-34-36-38-40-42-44-46-48-50-52-54-56-58-60-62-66(70)67-64(63-68)65(69)61-59-57-55-53-51-49-47-45-43-41-39-37-35-30-28-26-24-22-20-18-16-14-12-10-8-6-4-2/h5,7,11,13,17,19,23,25,29,31,59,61,64-65,68-69H,3-4,6,8-10,12,14-16,18,20-22,24,26-28,30,32-58,60,62-63H2,1-2H3,(H,67,70)/b7-5-,13-11-,19-17-,25-23-,31-29-,61-59+. The van der Waals surface area contributed by atoms with Gasteiger partial charge in [0.05, 0.1) is 18.8 Å². The molecule has 0 spiro atoms. The molecule has 0 saturated carbocycles. The van der Waals surface area contributed by atoms with Gasteiger partial charge < -0.3 is 15.5 Å². The van der Waals surface area contributed by atoms with Crippen molar-refractivity contribution in [3.63, 3.8) is 0 Å². The van der Waals surface area contributed by atoms with Crippen molar-refractivity contribution in [2.45, 2.75) is 334 Å². The highest BCUT2D eigenvalue weighted by Crippen LogP contribution is 2.18. The van der Waals surface area contributed by atoms with Crippen molar-refractivity contribution < 1.29 is 15.0 Å². The predicted molar refractivity (Wildman–Crippen MR) is 313 cm³/mol. The number of carbonyl (C=O) groups excluding carboxylic acids is 1. The van der Waals surface area contributed by atoms with Crippen LogP contribution in [-0.2, 0) is 4.79 Å². The summed E-state index contributed by atoms with van der Waals surface area (Å²) >= 11 is 0. The van der Waals surface area contributed by atoms with Crippen LogP contribution in [0.1, 0.15) is 322 Å². The number of aliphatic hydroxyl groups excluding tert-OH is 2. The van der Waals surface area contributed by atoms with E-state index < -0.39 is 12.1 Å². The Morgan fingerprint density at radius 1 is 0.357 bits per heavy atom. The third kappa shape index (κ3) is 56.7. The van der Waals surface area contributed by atoms with Crippen molar-refractivity contribution >= 4 is 5.91 Å². The number of amides is 1. The molecule has 4 heteroatoms. The Kier molecular flexibility index (Phi) is 59.2. The quantitative estimate of drug-likeness (QED) is 0.0420. The van der Waals surface area contributed by atoms with Gasteiger partial charge in [0.25, 0.3) is 0 Å². The molecule has 0 saturated heterocycles. The number of nitrogens with one attached hydrogen (secondary N) is 1. The van der Waals surface area contributed by atoms with Gasteiger partial charge in [-0.1, -0.05) is 324 Å². The lowest BCUT2D eigenvalue weighted by molar-refractivity contribution is -0.123. The molecule has 0 bridgehead atoms. The molecule has 408 valence electrons. The molecule has 0 aliphatic rings. The van der Waals surface area contributed by atoms with Crippen molar-refractivity contribution in [3.8, 4) is 0 Å². The molecule has 4 nitrogen and oxygen atoms in total. The predicted octanol–water partition coefficient (Wildman–Crippen LogP) is 20.9. The van der Waals surface area contributed by atoms with Crippen LogP contribution in [0.3, 0.4) is 0 Å². The maximum absolute atomic E-state index is 12.5. The molecule has 2 unspecified atom stereocenters. The highest BCUT2D eigenvalue weighted by atomic mass is 16.3.